The summed E-state index contributed by atoms with van der Waals surface area (Å²) in [5.41, 5.74) is 0.0425. The molecule has 1 aromatic rings. The topological polar surface area (TPSA) is 31.4 Å². The van der Waals surface area contributed by atoms with Gasteiger partial charge in [-0.25, -0.2) is 4.98 Å². The summed E-state index contributed by atoms with van der Waals surface area (Å²) in [6.45, 7) is 15.5. The third-order valence-corrected chi connectivity index (χ3v) is 4.09. The van der Waals surface area contributed by atoms with Crippen LogP contribution in [0.5, 0.6) is 0 Å². The van der Waals surface area contributed by atoms with Crippen LogP contribution < -0.4 is 10.2 Å². The molecule has 0 aliphatic carbocycles. The Balaban J connectivity index is 1.99. The van der Waals surface area contributed by atoms with E-state index < -0.39 is 0 Å². The minimum absolute atomic E-state index is 0.0425. The highest BCUT2D eigenvalue weighted by Gasteiger charge is 2.21. The third kappa shape index (κ3) is 4.60. The zero-order chi connectivity index (χ0) is 15.5. The van der Waals surface area contributed by atoms with E-state index in [0.29, 0.717) is 6.04 Å². The number of hydrogen-bond donors (Lipinski definition) is 1. The van der Waals surface area contributed by atoms with Gasteiger partial charge in [0.15, 0.2) is 0 Å². The van der Waals surface area contributed by atoms with Gasteiger partial charge in [0.25, 0.3) is 0 Å². The molecule has 1 aliphatic heterocycles. The molecule has 1 atom stereocenters. The van der Waals surface area contributed by atoms with Gasteiger partial charge in [0.1, 0.15) is 11.6 Å². The summed E-state index contributed by atoms with van der Waals surface area (Å²) in [4.78, 5) is 9.74. The molecular formula is C17H30N4. The van der Waals surface area contributed by atoms with Crippen molar-refractivity contribution in [2.24, 2.45) is 0 Å². The molecule has 0 aromatic carbocycles. The Labute approximate surface area is 129 Å². The second-order valence-corrected chi connectivity index (χ2v) is 7.04. The van der Waals surface area contributed by atoms with Crippen LogP contribution in [0.2, 0.25) is 0 Å². The van der Waals surface area contributed by atoms with E-state index in [0.717, 1.165) is 37.8 Å². The first kappa shape index (κ1) is 16.1. The fourth-order valence-corrected chi connectivity index (χ4v) is 2.70. The van der Waals surface area contributed by atoms with Crippen LogP contribution in [-0.2, 0) is 0 Å². The van der Waals surface area contributed by atoms with Crippen LogP contribution in [-0.4, -0.2) is 47.6 Å². The van der Waals surface area contributed by atoms with E-state index in [1.807, 2.05) is 6.07 Å². The second kappa shape index (κ2) is 6.65. The van der Waals surface area contributed by atoms with Crippen LogP contribution in [0.15, 0.2) is 18.2 Å². The van der Waals surface area contributed by atoms with Crippen LogP contribution in [0.25, 0.3) is 0 Å². The standard InChI is InChI=1S/C17H30N4/c1-6-14(2)20-10-12-21(13-11-20)16-9-7-8-15(18-16)19-17(3,4)5/h7-9,14H,6,10-13H2,1-5H3,(H,18,19). The number of aromatic nitrogens is 1. The highest BCUT2D eigenvalue weighted by molar-refractivity contribution is 5.48. The van der Waals surface area contributed by atoms with Gasteiger partial charge in [-0.2, -0.15) is 0 Å². The van der Waals surface area contributed by atoms with Gasteiger partial charge in [-0.3, -0.25) is 4.90 Å². The number of nitrogens with zero attached hydrogens (tertiary/aromatic N) is 3. The Kier molecular flexibility index (Phi) is 5.09. The van der Waals surface area contributed by atoms with E-state index in [4.69, 9.17) is 4.98 Å². The van der Waals surface area contributed by atoms with Crippen LogP contribution in [0.3, 0.4) is 0 Å². The summed E-state index contributed by atoms with van der Waals surface area (Å²) in [6.07, 6.45) is 1.23. The van der Waals surface area contributed by atoms with Gasteiger partial charge in [0.2, 0.25) is 0 Å². The molecule has 21 heavy (non-hydrogen) atoms. The minimum atomic E-state index is 0.0425. The third-order valence-electron chi connectivity index (χ3n) is 4.09. The van der Waals surface area contributed by atoms with Gasteiger partial charge in [0, 0.05) is 37.8 Å². The highest BCUT2D eigenvalue weighted by atomic mass is 15.3. The molecule has 1 unspecified atom stereocenters. The van der Waals surface area contributed by atoms with E-state index in [1.165, 1.54) is 6.42 Å². The largest absolute Gasteiger partial charge is 0.365 e. The fraction of sp³-hybridized carbons (Fsp3) is 0.706. The predicted octanol–water partition coefficient (Wildman–Crippen LogP) is 3.21. The monoisotopic (exact) mass is 290 g/mol. The lowest BCUT2D eigenvalue weighted by Gasteiger charge is -2.38. The Morgan fingerprint density at radius 1 is 1.19 bits per heavy atom. The van der Waals surface area contributed by atoms with Crippen molar-refractivity contribution in [1.82, 2.24) is 9.88 Å². The van der Waals surface area contributed by atoms with Gasteiger partial charge in [0.05, 0.1) is 0 Å². The second-order valence-electron chi connectivity index (χ2n) is 7.04. The minimum Gasteiger partial charge on any atom is -0.365 e. The van der Waals surface area contributed by atoms with Gasteiger partial charge >= 0.3 is 0 Å². The summed E-state index contributed by atoms with van der Waals surface area (Å²) in [6, 6.07) is 6.95. The first-order chi connectivity index (χ1) is 9.89. The zero-order valence-corrected chi connectivity index (χ0v) is 14.2. The lowest BCUT2D eigenvalue weighted by atomic mass is 10.1. The van der Waals surface area contributed by atoms with Crippen molar-refractivity contribution in [3.05, 3.63) is 18.2 Å². The molecule has 2 rings (SSSR count). The Morgan fingerprint density at radius 2 is 1.86 bits per heavy atom. The molecule has 0 bridgehead atoms. The van der Waals surface area contributed by atoms with Crippen LogP contribution >= 0.6 is 0 Å². The molecule has 1 N–H and O–H groups in total. The van der Waals surface area contributed by atoms with E-state index in [-0.39, 0.29) is 5.54 Å². The van der Waals surface area contributed by atoms with Crippen molar-refractivity contribution in [1.29, 1.82) is 0 Å². The number of pyridine rings is 1. The Hall–Kier alpha value is -1.29. The van der Waals surface area contributed by atoms with Crippen LogP contribution in [0.4, 0.5) is 11.6 Å². The van der Waals surface area contributed by atoms with Crippen molar-refractivity contribution in [2.75, 3.05) is 36.4 Å². The number of piperazine rings is 1. The summed E-state index contributed by atoms with van der Waals surface area (Å²) >= 11 is 0. The highest BCUT2D eigenvalue weighted by Crippen LogP contribution is 2.19. The van der Waals surface area contributed by atoms with Crippen molar-refractivity contribution in [3.8, 4) is 0 Å². The van der Waals surface area contributed by atoms with Crippen molar-refractivity contribution in [3.63, 3.8) is 0 Å². The van der Waals surface area contributed by atoms with Gasteiger partial charge in [-0.05, 0) is 46.2 Å². The summed E-state index contributed by atoms with van der Waals surface area (Å²) in [7, 11) is 0. The summed E-state index contributed by atoms with van der Waals surface area (Å²) < 4.78 is 0. The molecule has 1 saturated heterocycles. The molecule has 2 heterocycles. The van der Waals surface area contributed by atoms with Crippen molar-refractivity contribution >= 4 is 11.6 Å². The van der Waals surface area contributed by atoms with Gasteiger partial charge < -0.3 is 10.2 Å². The molecule has 0 amide bonds. The Bertz CT molecular complexity index is 444. The first-order valence-corrected chi connectivity index (χ1v) is 8.13. The molecule has 1 fully saturated rings. The number of anilines is 2. The van der Waals surface area contributed by atoms with Crippen molar-refractivity contribution < 1.29 is 0 Å². The summed E-state index contributed by atoms with van der Waals surface area (Å²) in [5.74, 6) is 2.05. The average molecular weight is 290 g/mol. The van der Waals surface area contributed by atoms with Gasteiger partial charge in [-0.15, -0.1) is 0 Å². The van der Waals surface area contributed by atoms with E-state index in [2.05, 4.69) is 61.9 Å². The predicted molar refractivity (Wildman–Crippen MR) is 91.2 cm³/mol. The summed E-state index contributed by atoms with van der Waals surface area (Å²) in [5, 5.41) is 3.45. The number of nitrogens with one attached hydrogen (secondary N) is 1. The maximum absolute atomic E-state index is 4.77. The van der Waals surface area contributed by atoms with E-state index >= 15 is 0 Å². The average Bonchev–Trinajstić information content (AvgIpc) is 2.45. The maximum Gasteiger partial charge on any atom is 0.131 e. The first-order valence-electron chi connectivity index (χ1n) is 8.13. The molecule has 0 saturated carbocycles. The Morgan fingerprint density at radius 3 is 2.43 bits per heavy atom. The molecular weight excluding hydrogens is 260 g/mol. The lowest BCUT2D eigenvalue weighted by molar-refractivity contribution is 0.192. The molecule has 118 valence electrons. The normalized spacial score (nSPS) is 18.6. The smallest absolute Gasteiger partial charge is 0.131 e. The molecule has 1 aromatic heterocycles. The fourth-order valence-electron chi connectivity index (χ4n) is 2.70. The van der Waals surface area contributed by atoms with E-state index in [9.17, 15) is 0 Å². The quantitative estimate of drug-likeness (QED) is 0.922. The van der Waals surface area contributed by atoms with Crippen molar-refractivity contribution in [2.45, 2.75) is 52.6 Å². The van der Waals surface area contributed by atoms with E-state index in [1.54, 1.807) is 0 Å². The lowest BCUT2D eigenvalue weighted by Crippen LogP contribution is -2.49. The molecule has 4 heteroatoms. The molecule has 0 radical (unpaired) electrons. The van der Waals surface area contributed by atoms with Crippen LogP contribution in [0, 0.1) is 0 Å². The number of hydrogen-bond acceptors (Lipinski definition) is 4. The zero-order valence-electron chi connectivity index (χ0n) is 14.2. The molecule has 0 spiro atoms. The molecule has 1 aliphatic rings. The SMILES string of the molecule is CCC(C)N1CCN(c2cccc(NC(C)(C)C)n2)CC1. The maximum atomic E-state index is 4.77. The number of rotatable bonds is 4. The van der Waals surface area contributed by atoms with Crippen LogP contribution in [0.1, 0.15) is 41.0 Å². The molecule has 4 nitrogen and oxygen atoms in total. The van der Waals surface area contributed by atoms with Gasteiger partial charge in [-0.1, -0.05) is 13.0 Å².